The van der Waals surface area contributed by atoms with E-state index in [0.29, 0.717) is 23.5 Å². The zero-order chi connectivity index (χ0) is 14.1. The molecule has 0 saturated carbocycles. The van der Waals surface area contributed by atoms with Crippen LogP contribution >= 0.6 is 11.8 Å². The maximum Gasteiger partial charge on any atom is 0.215 e. The Balaban J connectivity index is 2.34. The predicted octanol–water partition coefficient (Wildman–Crippen LogP) is 0.804. The first-order chi connectivity index (χ1) is 9.05. The maximum atomic E-state index is 11.8. The lowest BCUT2D eigenvalue weighted by Crippen LogP contribution is -2.27. The topological polar surface area (TPSA) is 92.4 Å². The Hall–Kier alpha value is -0.760. The van der Waals surface area contributed by atoms with Crippen molar-refractivity contribution in [1.82, 2.24) is 4.72 Å². The van der Waals surface area contributed by atoms with Crippen LogP contribution in [0, 0.1) is 0 Å². The third-order valence-electron chi connectivity index (χ3n) is 2.42. The van der Waals surface area contributed by atoms with E-state index in [1.165, 1.54) is 0 Å². The summed E-state index contributed by atoms with van der Waals surface area (Å²) in [4.78, 5) is 0. The number of nitrogen functional groups attached to an aromatic ring is 1. The summed E-state index contributed by atoms with van der Waals surface area (Å²) in [6.45, 7) is 0.567. The average Bonchev–Trinajstić information content (AvgIpc) is 2.36. The van der Waals surface area contributed by atoms with Crippen LogP contribution in [0.3, 0.4) is 0 Å². The van der Waals surface area contributed by atoms with Gasteiger partial charge in [-0.3, -0.25) is 0 Å². The highest BCUT2D eigenvalue weighted by molar-refractivity contribution is 7.99. The number of sulfonamides is 1. The number of aliphatic hydroxyl groups is 1. The van der Waals surface area contributed by atoms with Crippen LogP contribution in [0.15, 0.2) is 24.3 Å². The fraction of sp³-hybridized carbons (Fsp3) is 0.500. The monoisotopic (exact) mass is 304 g/mol. The zero-order valence-electron chi connectivity index (χ0n) is 10.7. The quantitative estimate of drug-likeness (QED) is 0.464. The average molecular weight is 304 g/mol. The number of hydrogen-bond acceptors (Lipinski definition) is 5. The van der Waals surface area contributed by atoms with Crippen molar-refractivity contribution in [3.05, 3.63) is 29.8 Å². The molecule has 19 heavy (non-hydrogen) atoms. The van der Waals surface area contributed by atoms with Gasteiger partial charge in [-0.1, -0.05) is 18.2 Å². The van der Waals surface area contributed by atoms with Crippen molar-refractivity contribution in [2.75, 3.05) is 30.4 Å². The molecule has 5 nitrogen and oxygen atoms in total. The minimum Gasteiger partial charge on any atom is -0.398 e. The molecular formula is C12H20N2O3S2. The molecule has 0 atom stereocenters. The van der Waals surface area contributed by atoms with Gasteiger partial charge in [0.05, 0.1) is 5.75 Å². The number of para-hydroxylation sites is 1. The third kappa shape index (κ3) is 6.81. The molecule has 0 bridgehead atoms. The summed E-state index contributed by atoms with van der Waals surface area (Å²) in [5.74, 6) is 1.44. The smallest absolute Gasteiger partial charge is 0.215 e. The Labute approximate surface area is 118 Å². The lowest BCUT2D eigenvalue weighted by molar-refractivity contribution is 0.296. The first-order valence-electron chi connectivity index (χ1n) is 6.04. The molecule has 0 fully saturated rings. The number of rotatable bonds is 9. The molecule has 0 aliphatic carbocycles. The Bertz CT molecular complexity index is 478. The van der Waals surface area contributed by atoms with E-state index in [4.69, 9.17) is 10.8 Å². The van der Waals surface area contributed by atoms with Crippen molar-refractivity contribution in [1.29, 1.82) is 0 Å². The largest absolute Gasteiger partial charge is 0.398 e. The highest BCUT2D eigenvalue weighted by atomic mass is 32.2. The van der Waals surface area contributed by atoms with Gasteiger partial charge in [0.15, 0.2) is 0 Å². The van der Waals surface area contributed by atoms with Gasteiger partial charge < -0.3 is 10.8 Å². The molecule has 0 radical (unpaired) electrons. The predicted molar refractivity (Wildman–Crippen MR) is 80.5 cm³/mol. The number of benzene rings is 1. The summed E-state index contributed by atoms with van der Waals surface area (Å²) in [6, 6.07) is 6.95. The first-order valence-corrected chi connectivity index (χ1v) is 8.85. The van der Waals surface area contributed by atoms with Crippen molar-refractivity contribution in [3.63, 3.8) is 0 Å². The summed E-state index contributed by atoms with van der Waals surface area (Å²) in [7, 11) is -3.34. The molecule has 0 aromatic heterocycles. The van der Waals surface area contributed by atoms with Crippen LogP contribution in [0.4, 0.5) is 5.69 Å². The molecule has 108 valence electrons. The molecule has 0 aliphatic rings. The van der Waals surface area contributed by atoms with Gasteiger partial charge in [-0.25, -0.2) is 13.1 Å². The number of anilines is 1. The van der Waals surface area contributed by atoms with Gasteiger partial charge in [0.2, 0.25) is 10.0 Å². The summed E-state index contributed by atoms with van der Waals surface area (Å²) in [5.41, 5.74) is 6.82. The Morgan fingerprint density at radius 2 is 2.00 bits per heavy atom. The van der Waals surface area contributed by atoms with Crippen LogP contribution in [-0.4, -0.2) is 38.2 Å². The van der Waals surface area contributed by atoms with Crippen molar-refractivity contribution >= 4 is 27.5 Å². The minimum atomic E-state index is -3.34. The highest BCUT2D eigenvalue weighted by Gasteiger charge is 2.12. The summed E-state index contributed by atoms with van der Waals surface area (Å²) < 4.78 is 26.2. The lowest BCUT2D eigenvalue weighted by atomic mass is 10.2. The molecule has 0 unspecified atom stereocenters. The molecule has 1 aromatic carbocycles. The Morgan fingerprint density at radius 1 is 1.26 bits per heavy atom. The van der Waals surface area contributed by atoms with Gasteiger partial charge in [0.1, 0.15) is 0 Å². The highest BCUT2D eigenvalue weighted by Crippen LogP contribution is 2.13. The number of nitrogens with two attached hydrogens (primary N) is 1. The van der Waals surface area contributed by atoms with Crippen molar-refractivity contribution in [2.45, 2.75) is 12.2 Å². The van der Waals surface area contributed by atoms with E-state index in [-0.39, 0.29) is 12.4 Å². The van der Waals surface area contributed by atoms with E-state index in [1.54, 1.807) is 36.0 Å². The molecule has 0 amide bonds. The van der Waals surface area contributed by atoms with Crippen LogP contribution in [0.25, 0.3) is 0 Å². The maximum absolute atomic E-state index is 11.8. The molecule has 4 N–H and O–H groups in total. The normalized spacial score (nSPS) is 11.6. The molecule has 0 saturated heterocycles. The molecular weight excluding hydrogens is 284 g/mol. The second kappa shape index (κ2) is 8.42. The number of hydrogen-bond donors (Lipinski definition) is 3. The van der Waals surface area contributed by atoms with Crippen molar-refractivity contribution < 1.29 is 13.5 Å². The van der Waals surface area contributed by atoms with Gasteiger partial charge in [-0.05, 0) is 23.8 Å². The van der Waals surface area contributed by atoms with Gasteiger partial charge in [0, 0.05) is 24.6 Å². The van der Waals surface area contributed by atoms with E-state index in [2.05, 4.69) is 4.72 Å². The van der Waals surface area contributed by atoms with E-state index in [0.717, 1.165) is 12.2 Å². The molecule has 0 aliphatic heterocycles. The van der Waals surface area contributed by atoms with Gasteiger partial charge >= 0.3 is 0 Å². The van der Waals surface area contributed by atoms with Gasteiger partial charge in [-0.15, -0.1) is 0 Å². The van der Waals surface area contributed by atoms with Gasteiger partial charge in [0.25, 0.3) is 0 Å². The van der Waals surface area contributed by atoms with E-state index >= 15 is 0 Å². The minimum absolute atomic E-state index is 0.0963. The Kier molecular flexibility index (Phi) is 7.22. The molecule has 7 heteroatoms. The van der Waals surface area contributed by atoms with Crippen LogP contribution < -0.4 is 10.5 Å². The van der Waals surface area contributed by atoms with Crippen LogP contribution in [0.5, 0.6) is 0 Å². The van der Waals surface area contributed by atoms with E-state index in [1.807, 2.05) is 0 Å². The Morgan fingerprint density at radius 3 is 2.68 bits per heavy atom. The molecule has 0 spiro atoms. The second-order valence-corrected chi connectivity index (χ2v) is 7.07. The molecule has 0 heterocycles. The van der Waals surface area contributed by atoms with Crippen molar-refractivity contribution in [3.8, 4) is 0 Å². The van der Waals surface area contributed by atoms with Crippen LogP contribution in [0.1, 0.15) is 12.0 Å². The lowest BCUT2D eigenvalue weighted by Gasteiger charge is -2.08. The molecule has 1 rings (SSSR count). The van der Waals surface area contributed by atoms with E-state index < -0.39 is 10.0 Å². The number of nitrogens with one attached hydrogen (secondary N) is 1. The van der Waals surface area contributed by atoms with Gasteiger partial charge in [-0.2, -0.15) is 11.8 Å². The summed E-state index contributed by atoms with van der Waals surface area (Å²) >= 11 is 1.62. The number of aliphatic hydroxyl groups excluding tert-OH is 1. The zero-order valence-corrected chi connectivity index (χ0v) is 12.3. The van der Waals surface area contributed by atoms with E-state index in [9.17, 15) is 8.42 Å². The fourth-order valence-corrected chi connectivity index (χ4v) is 3.56. The standard InChI is InChI=1S/C12H20N2O3S2/c13-12-5-2-1-4-11(12)10-19(16,17)14-6-9-18-8-3-7-15/h1-2,4-5,14-15H,3,6-10,13H2. The number of thioether (sulfide) groups is 1. The second-order valence-electron chi connectivity index (χ2n) is 4.04. The SMILES string of the molecule is Nc1ccccc1CS(=O)(=O)NCCSCCCO. The van der Waals surface area contributed by atoms with Crippen molar-refractivity contribution in [2.24, 2.45) is 0 Å². The third-order valence-corrected chi connectivity index (χ3v) is 4.82. The summed E-state index contributed by atoms with van der Waals surface area (Å²) in [6.07, 6.45) is 0.734. The van der Waals surface area contributed by atoms with Crippen LogP contribution in [-0.2, 0) is 15.8 Å². The first kappa shape index (κ1) is 16.3. The van der Waals surface area contributed by atoms with Crippen LogP contribution in [0.2, 0.25) is 0 Å². The molecule has 1 aromatic rings. The summed E-state index contributed by atoms with van der Waals surface area (Å²) in [5, 5.41) is 8.61. The fourth-order valence-electron chi connectivity index (χ4n) is 1.46.